The summed E-state index contributed by atoms with van der Waals surface area (Å²) in [6.45, 7) is 0. The maximum atomic E-state index is 13.2. The molecule has 0 spiro atoms. The van der Waals surface area contributed by atoms with E-state index in [4.69, 9.17) is 0 Å². The summed E-state index contributed by atoms with van der Waals surface area (Å²) in [5.74, 6) is -3.40. The maximum Gasteiger partial charge on any atom is 0.418 e. The lowest BCUT2D eigenvalue weighted by Crippen LogP contribution is -2.17. The van der Waals surface area contributed by atoms with E-state index >= 15 is 0 Å². The van der Waals surface area contributed by atoms with Gasteiger partial charge in [0.15, 0.2) is 0 Å². The van der Waals surface area contributed by atoms with Gasteiger partial charge in [-0.2, -0.15) is 22.0 Å². The van der Waals surface area contributed by atoms with Crippen LogP contribution in [0.2, 0.25) is 0 Å². The molecule has 0 aliphatic rings. The number of rotatable bonds is 6. The number of nitrogens with one attached hydrogen (secondary N) is 2. The molecular formula is C21H15F5N2OS. The van der Waals surface area contributed by atoms with E-state index in [2.05, 4.69) is 10.6 Å². The van der Waals surface area contributed by atoms with Crippen LogP contribution in [0, 0.1) is 0 Å². The number of carbonyl (C=O) groups is 1. The summed E-state index contributed by atoms with van der Waals surface area (Å²) in [6, 6.07) is 17.1. The molecule has 0 unspecified atom stereocenters. The predicted octanol–water partition coefficient (Wildman–Crippen LogP) is 7.02. The Kier molecular flexibility index (Phi) is 6.61. The fraction of sp³-hybridized carbons (Fsp3) is 0.0952. The summed E-state index contributed by atoms with van der Waals surface area (Å²) >= 11 is 0.344. The van der Waals surface area contributed by atoms with Gasteiger partial charge in [-0.3, -0.25) is 4.79 Å². The second-order valence-corrected chi connectivity index (χ2v) is 7.07. The SMILES string of the molecule is O=C(Nc1ccccc1C(F)(F)F)c1ccccc1Nc1ccccc1SC(F)F. The lowest BCUT2D eigenvalue weighted by molar-refractivity contribution is -0.136. The van der Waals surface area contributed by atoms with Gasteiger partial charge in [0.1, 0.15) is 0 Å². The van der Waals surface area contributed by atoms with Crippen molar-refractivity contribution in [3.05, 3.63) is 83.9 Å². The van der Waals surface area contributed by atoms with Crippen LogP contribution in [0.25, 0.3) is 0 Å². The summed E-state index contributed by atoms with van der Waals surface area (Å²) in [7, 11) is 0. The molecule has 0 heterocycles. The third-order valence-corrected chi connectivity index (χ3v) is 4.81. The molecule has 0 bridgehead atoms. The molecule has 0 aliphatic heterocycles. The van der Waals surface area contributed by atoms with E-state index in [0.717, 1.165) is 12.1 Å². The number of hydrogen-bond donors (Lipinski definition) is 2. The van der Waals surface area contributed by atoms with Crippen molar-refractivity contribution < 1.29 is 26.7 Å². The lowest BCUT2D eigenvalue weighted by Gasteiger charge is -2.16. The molecule has 0 radical (unpaired) electrons. The quantitative estimate of drug-likeness (QED) is 0.321. The average molecular weight is 438 g/mol. The Morgan fingerprint density at radius 1 is 0.800 bits per heavy atom. The lowest BCUT2D eigenvalue weighted by atomic mass is 10.1. The van der Waals surface area contributed by atoms with Crippen molar-refractivity contribution >= 4 is 34.7 Å². The average Bonchev–Trinajstić information content (AvgIpc) is 2.69. The molecule has 9 heteroatoms. The molecule has 0 saturated heterocycles. The molecule has 1 amide bonds. The molecule has 156 valence electrons. The fourth-order valence-electron chi connectivity index (χ4n) is 2.73. The van der Waals surface area contributed by atoms with Crippen LogP contribution in [0.1, 0.15) is 15.9 Å². The smallest absolute Gasteiger partial charge is 0.354 e. The van der Waals surface area contributed by atoms with Gasteiger partial charge in [0, 0.05) is 4.90 Å². The van der Waals surface area contributed by atoms with Gasteiger partial charge >= 0.3 is 6.18 Å². The first-order valence-electron chi connectivity index (χ1n) is 8.63. The Balaban J connectivity index is 1.89. The standard InChI is InChI=1S/C21H15F5N2OS/c22-20(23)30-18-12-6-5-11-17(18)27-15-9-3-1-7-13(15)19(29)28-16-10-4-2-8-14(16)21(24,25)26/h1-12,20,27H,(H,28,29). The molecule has 0 aliphatic carbocycles. The molecular weight excluding hydrogens is 423 g/mol. The highest BCUT2D eigenvalue weighted by molar-refractivity contribution is 7.99. The highest BCUT2D eigenvalue weighted by Crippen LogP contribution is 2.36. The number of thioether (sulfide) groups is 1. The van der Waals surface area contributed by atoms with Gasteiger partial charge in [-0.05, 0) is 36.4 Å². The van der Waals surface area contributed by atoms with Gasteiger partial charge in [0.25, 0.3) is 11.7 Å². The Morgan fingerprint density at radius 3 is 2.03 bits per heavy atom. The van der Waals surface area contributed by atoms with E-state index in [1.165, 1.54) is 30.3 Å². The van der Waals surface area contributed by atoms with Gasteiger partial charge in [0.05, 0.1) is 28.2 Å². The summed E-state index contributed by atoms with van der Waals surface area (Å²) in [6.07, 6.45) is -4.63. The molecule has 0 saturated carbocycles. The monoisotopic (exact) mass is 438 g/mol. The zero-order chi connectivity index (χ0) is 21.7. The van der Waals surface area contributed by atoms with Crippen LogP contribution in [0.4, 0.5) is 39.0 Å². The zero-order valence-electron chi connectivity index (χ0n) is 15.2. The third-order valence-electron chi connectivity index (χ3n) is 4.02. The largest absolute Gasteiger partial charge is 0.418 e. The maximum absolute atomic E-state index is 13.2. The predicted molar refractivity (Wildman–Crippen MR) is 107 cm³/mol. The van der Waals surface area contributed by atoms with Crippen molar-refractivity contribution in [2.75, 3.05) is 10.6 Å². The first kappa shape index (κ1) is 21.6. The van der Waals surface area contributed by atoms with Crippen LogP contribution < -0.4 is 10.6 Å². The van der Waals surface area contributed by atoms with Crippen molar-refractivity contribution in [3.8, 4) is 0 Å². The second kappa shape index (κ2) is 9.17. The van der Waals surface area contributed by atoms with E-state index in [1.807, 2.05) is 0 Å². The molecule has 0 fully saturated rings. The van der Waals surface area contributed by atoms with Crippen molar-refractivity contribution in [2.24, 2.45) is 0 Å². The van der Waals surface area contributed by atoms with Crippen molar-refractivity contribution in [1.29, 1.82) is 0 Å². The number of carbonyl (C=O) groups excluding carboxylic acids is 1. The number of para-hydroxylation sites is 3. The van der Waals surface area contributed by atoms with Gasteiger partial charge < -0.3 is 10.6 Å². The van der Waals surface area contributed by atoms with Crippen LogP contribution in [-0.4, -0.2) is 11.7 Å². The van der Waals surface area contributed by atoms with E-state index in [-0.39, 0.29) is 21.8 Å². The summed E-state index contributed by atoms with van der Waals surface area (Å²) in [5, 5.41) is 5.20. The van der Waals surface area contributed by atoms with Crippen LogP contribution in [0.5, 0.6) is 0 Å². The van der Waals surface area contributed by atoms with Gasteiger partial charge in [-0.25, -0.2) is 0 Å². The summed E-state index contributed by atoms with van der Waals surface area (Å²) in [5.41, 5.74) is -0.673. The van der Waals surface area contributed by atoms with Crippen molar-refractivity contribution in [3.63, 3.8) is 0 Å². The Labute approximate surface area is 173 Å². The van der Waals surface area contributed by atoms with Crippen molar-refractivity contribution in [1.82, 2.24) is 0 Å². The summed E-state index contributed by atoms with van der Waals surface area (Å²) in [4.78, 5) is 13.0. The van der Waals surface area contributed by atoms with Crippen LogP contribution in [-0.2, 0) is 6.18 Å². The minimum Gasteiger partial charge on any atom is -0.354 e. The van der Waals surface area contributed by atoms with E-state index in [9.17, 15) is 26.7 Å². The molecule has 3 rings (SSSR count). The first-order chi connectivity index (χ1) is 14.3. The molecule has 3 aromatic rings. The van der Waals surface area contributed by atoms with Crippen molar-refractivity contribution in [2.45, 2.75) is 16.8 Å². The third kappa shape index (κ3) is 5.29. The second-order valence-electron chi connectivity index (χ2n) is 6.04. The van der Waals surface area contributed by atoms with E-state index < -0.39 is 23.4 Å². The Hall–Kier alpha value is -3.07. The number of anilines is 3. The number of halogens is 5. The topological polar surface area (TPSA) is 41.1 Å². The molecule has 0 aromatic heterocycles. The van der Waals surface area contributed by atoms with Crippen LogP contribution in [0.15, 0.2) is 77.7 Å². The normalized spacial score (nSPS) is 11.4. The Morgan fingerprint density at radius 2 is 1.37 bits per heavy atom. The van der Waals surface area contributed by atoms with E-state index in [0.29, 0.717) is 17.4 Å². The number of hydrogen-bond acceptors (Lipinski definition) is 3. The molecule has 30 heavy (non-hydrogen) atoms. The highest BCUT2D eigenvalue weighted by Gasteiger charge is 2.33. The minimum atomic E-state index is -4.63. The zero-order valence-corrected chi connectivity index (χ0v) is 16.0. The number of alkyl halides is 5. The fourth-order valence-corrected chi connectivity index (χ4v) is 3.33. The summed E-state index contributed by atoms with van der Waals surface area (Å²) < 4.78 is 65.2. The van der Waals surface area contributed by atoms with Crippen LogP contribution in [0.3, 0.4) is 0 Å². The van der Waals surface area contributed by atoms with Gasteiger partial charge in [-0.1, -0.05) is 48.2 Å². The Bertz CT molecular complexity index is 1040. The number of amides is 1. The molecule has 0 atom stereocenters. The van der Waals surface area contributed by atoms with E-state index in [1.54, 1.807) is 30.3 Å². The molecule has 3 aromatic carbocycles. The highest BCUT2D eigenvalue weighted by atomic mass is 32.2. The molecule has 3 nitrogen and oxygen atoms in total. The first-order valence-corrected chi connectivity index (χ1v) is 9.51. The molecule has 2 N–H and O–H groups in total. The van der Waals surface area contributed by atoms with Gasteiger partial charge in [0.2, 0.25) is 0 Å². The number of benzene rings is 3. The van der Waals surface area contributed by atoms with Crippen LogP contribution >= 0.6 is 11.8 Å². The minimum absolute atomic E-state index is 0.0614. The van der Waals surface area contributed by atoms with Gasteiger partial charge in [-0.15, -0.1) is 0 Å².